The fraction of sp³-hybridized carbons (Fsp3) is 0.100. The number of hydrazone groups is 1. The number of nitrogens with zero attached hydrogens (tertiary/aromatic N) is 4. The highest BCUT2D eigenvalue weighted by Gasteiger charge is 2.05. The number of hydrogen-bond acceptors (Lipinski definition) is 7. The lowest BCUT2D eigenvalue weighted by molar-refractivity contribution is 0.449. The van der Waals surface area contributed by atoms with Crippen molar-refractivity contribution in [2.24, 2.45) is 5.10 Å². The van der Waals surface area contributed by atoms with Gasteiger partial charge in [-0.2, -0.15) is 5.10 Å². The highest BCUT2D eigenvalue weighted by Crippen LogP contribution is 2.25. The van der Waals surface area contributed by atoms with Crippen molar-refractivity contribution in [2.45, 2.75) is 6.92 Å². The van der Waals surface area contributed by atoms with Crippen molar-refractivity contribution in [1.29, 1.82) is 0 Å². The zero-order chi connectivity index (χ0) is 13.1. The molecule has 1 aromatic carbocycles. The molecule has 8 nitrogen and oxygen atoms in total. The van der Waals surface area contributed by atoms with Crippen molar-refractivity contribution in [1.82, 2.24) is 14.9 Å². The molecule has 2 rings (SSSR count). The number of nitrogens with two attached hydrogens (primary N) is 1. The Balaban J connectivity index is 2.17. The quantitative estimate of drug-likeness (QED) is 0.348. The summed E-state index contributed by atoms with van der Waals surface area (Å²) in [5, 5.41) is 30.0. The van der Waals surface area contributed by atoms with E-state index in [1.807, 2.05) is 0 Å². The predicted octanol–water partition coefficient (Wildman–Crippen LogP) is 0.158. The van der Waals surface area contributed by atoms with Crippen molar-refractivity contribution >= 4 is 12.2 Å². The lowest BCUT2D eigenvalue weighted by Gasteiger charge is -2.04. The average Bonchev–Trinajstić information content (AvgIpc) is 2.68. The largest absolute Gasteiger partial charge is 0.508 e. The van der Waals surface area contributed by atoms with Gasteiger partial charge in [0.1, 0.15) is 17.8 Å². The number of hydrogen-bond donors (Lipinski definition) is 4. The minimum atomic E-state index is -0.0627. The molecule has 0 unspecified atom stereocenters. The van der Waals surface area contributed by atoms with E-state index in [-0.39, 0.29) is 17.4 Å². The Labute approximate surface area is 102 Å². The fourth-order valence-electron chi connectivity index (χ4n) is 1.41. The number of aromatic hydroxyl groups is 2. The second kappa shape index (κ2) is 4.62. The summed E-state index contributed by atoms with van der Waals surface area (Å²) in [6.07, 6.45) is 2.72. The number of phenols is 2. The van der Waals surface area contributed by atoms with Gasteiger partial charge < -0.3 is 16.1 Å². The van der Waals surface area contributed by atoms with Gasteiger partial charge >= 0.3 is 0 Å². The molecule has 0 spiro atoms. The van der Waals surface area contributed by atoms with Crippen LogP contribution < -0.4 is 11.3 Å². The minimum absolute atomic E-state index is 0.00295. The molecule has 0 bridgehead atoms. The molecule has 8 heteroatoms. The van der Waals surface area contributed by atoms with Crippen molar-refractivity contribution in [2.75, 3.05) is 11.3 Å². The van der Waals surface area contributed by atoms with Gasteiger partial charge in [0.05, 0.1) is 6.21 Å². The molecular weight excluding hydrogens is 236 g/mol. The van der Waals surface area contributed by atoms with Gasteiger partial charge in [0.15, 0.2) is 0 Å². The standard InChI is InChI=1S/C10H12N6O2/c1-6-2-7(17)3-9(18)8(6)4-12-14-10-15-13-5-16(10)11/h2-5,17-18H,11H2,1H3,(H,14,15)/b12-4+. The molecule has 0 aliphatic carbocycles. The number of nitrogens with one attached hydrogen (secondary N) is 1. The van der Waals surface area contributed by atoms with E-state index in [0.29, 0.717) is 11.1 Å². The van der Waals surface area contributed by atoms with Crippen LogP contribution in [0.1, 0.15) is 11.1 Å². The maximum absolute atomic E-state index is 9.65. The van der Waals surface area contributed by atoms with Crippen LogP contribution in [0.3, 0.4) is 0 Å². The van der Waals surface area contributed by atoms with Crippen LogP contribution in [0.4, 0.5) is 5.95 Å². The van der Waals surface area contributed by atoms with E-state index in [9.17, 15) is 10.2 Å². The third kappa shape index (κ3) is 2.32. The minimum Gasteiger partial charge on any atom is -0.508 e. The molecule has 94 valence electrons. The van der Waals surface area contributed by atoms with E-state index in [1.165, 1.54) is 29.4 Å². The lowest BCUT2D eigenvalue weighted by Crippen LogP contribution is -2.10. The van der Waals surface area contributed by atoms with Crippen molar-refractivity contribution in [3.05, 3.63) is 29.6 Å². The first-order chi connectivity index (χ1) is 8.58. The molecule has 2 aromatic rings. The lowest BCUT2D eigenvalue weighted by atomic mass is 10.1. The van der Waals surface area contributed by atoms with Gasteiger partial charge in [-0.05, 0) is 18.6 Å². The van der Waals surface area contributed by atoms with Gasteiger partial charge in [-0.25, -0.2) is 10.1 Å². The molecular formula is C10H12N6O2. The third-order valence-corrected chi connectivity index (χ3v) is 2.28. The van der Waals surface area contributed by atoms with Crippen LogP contribution in [0.15, 0.2) is 23.6 Å². The summed E-state index contributed by atoms with van der Waals surface area (Å²) in [7, 11) is 0. The van der Waals surface area contributed by atoms with Crippen molar-refractivity contribution < 1.29 is 10.2 Å². The molecule has 0 fully saturated rings. The zero-order valence-corrected chi connectivity index (χ0v) is 9.57. The smallest absolute Gasteiger partial charge is 0.263 e. The second-order valence-corrected chi connectivity index (χ2v) is 3.63. The number of benzene rings is 1. The molecule has 18 heavy (non-hydrogen) atoms. The van der Waals surface area contributed by atoms with Crippen LogP contribution in [0.5, 0.6) is 11.5 Å². The average molecular weight is 248 g/mol. The highest BCUT2D eigenvalue weighted by atomic mass is 16.3. The first-order valence-electron chi connectivity index (χ1n) is 5.04. The Hall–Kier alpha value is -2.77. The van der Waals surface area contributed by atoms with E-state index in [4.69, 9.17) is 5.84 Å². The summed E-state index contributed by atoms with van der Waals surface area (Å²) in [6.45, 7) is 1.74. The van der Waals surface area contributed by atoms with Gasteiger partial charge in [-0.15, -0.1) is 10.2 Å². The van der Waals surface area contributed by atoms with Crippen LogP contribution >= 0.6 is 0 Å². The van der Waals surface area contributed by atoms with E-state index in [0.717, 1.165) is 0 Å². The molecule has 0 radical (unpaired) electrons. The Morgan fingerprint density at radius 2 is 2.22 bits per heavy atom. The topological polar surface area (TPSA) is 122 Å². The monoisotopic (exact) mass is 248 g/mol. The van der Waals surface area contributed by atoms with E-state index in [1.54, 1.807) is 6.92 Å². The number of nitrogen functional groups attached to an aromatic ring is 1. The third-order valence-electron chi connectivity index (χ3n) is 2.28. The Bertz CT molecular complexity index is 569. The van der Waals surface area contributed by atoms with E-state index < -0.39 is 0 Å². The summed E-state index contributed by atoms with van der Waals surface area (Å²) >= 11 is 0. The maximum Gasteiger partial charge on any atom is 0.263 e. The summed E-state index contributed by atoms with van der Waals surface area (Å²) in [6, 6.07) is 2.76. The predicted molar refractivity (Wildman–Crippen MR) is 65.9 cm³/mol. The summed E-state index contributed by atoms with van der Waals surface area (Å²) in [5.74, 6) is 5.67. The summed E-state index contributed by atoms with van der Waals surface area (Å²) < 4.78 is 1.17. The van der Waals surface area contributed by atoms with Gasteiger partial charge in [0.2, 0.25) is 0 Å². The van der Waals surface area contributed by atoms with Crippen LogP contribution in [-0.4, -0.2) is 31.3 Å². The van der Waals surface area contributed by atoms with Gasteiger partial charge in [-0.3, -0.25) is 0 Å². The number of phenolic OH excluding ortho intramolecular Hbond substituents is 2. The summed E-state index contributed by atoms with van der Waals surface area (Å²) in [5.41, 5.74) is 3.75. The molecule has 0 saturated carbocycles. The molecule has 0 aliphatic rings. The number of aryl methyl sites for hydroxylation is 1. The first-order valence-corrected chi connectivity index (χ1v) is 5.04. The molecule has 0 atom stereocenters. The molecule has 0 saturated heterocycles. The van der Waals surface area contributed by atoms with Crippen molar-refractivity contribution in [3.8, 4) is 11.5 Å². The number of anilines is 1. The second-order valence-electron chi connectivity index (χ2n) is 3.63. The van der Waals surface area contributed by atoms with Crippen LogP contribution in [0, 0.1) is 6.92 Å². The maximum atomic E-state index is 9.65. The number of rotatable bonds is 3. The normalized spacial score (nSPS) is 10.9. The molecule has 0 aliphatic heterocycles. The first kappa shape index (κ1) is 11.7. The molecule has 5 N–H and O–H groups in total. The highest BCUT2D eigenvalue weighted by molar-refractivity contribution is 5.86. The molecule has 1 heterocycles. The Morgan fingerprint density at radius 1 is 1.44 bits per heavy atom. The summed E-state index contributed by atoms with van der Waals surface area (Å²) in [4.78, 5) is 0. The van der Waals surface area contributed by atoms with E-state index >= 15 is 0 Å². The molecule has 0 amide bonds. The molecule has 1 aromatic heterocycles. The fourth-order valence-corrected chi connectivity index (χ4v) is 1.41. The van der Waals surface area contributed by atoms with Crippen LogP contribution in [0.2, 0.25) is 0 Å². The van der Waals surface area contributed by atoms with Gasteiger partial charge in [0, 0.05) is 11.6 Å². The van der Waals surface area contributed by atoms with Gasteiger partial charge in [-0.1, -0.05) is 0 Å². The number of aromatic nitrogens is 3. The van der Waals surface area contributed by atoms with Crippen LogP contribution in [-0.2, 0) is 0 Å². The van der Waals surface area contributed by atoms with E-state index in [2.05, 4.69) is 20.7 Å². The van der Waals surface area contributed by atoms with Crippen molar-refractivity contribution in [3.63, 3.8) is 0 Å². The van der Waals surface area contributed by atoms with Gasteiger partial charge in [0.25, 0.3) is 5.95 Å². The SMILES string of the molecule is Cc1cc(O)cc(O)c1/C=N/Nc1nncn1N. The Morgan fingerprint density at radius 3 is 2.83 bits per heavy atom. The Kier molecular flexibility index (Phi) is 3.00. The van der Waals surface area contributed by atoms with Crippen LogP contribution in [0.25, 0.3) is 0 Å². The zero-order valence-electron chi connectivity index (χ0n) is 9.57.